The van der Waals surface area contributed by atoms with Crippen molar-refractivity contribution in [3.8, 4) is 5.75 Å². The number of anilines is 2. The van der Waals surface area contributed by atoms with E-state index < -0.39 is 0 Å². The summed E-state index contributed by atoms with van der Waals surface area (Å²) in [6.07, 6.45) is 1.95. The van der Waals surface area contributed by atoms with Gasteiger partial charge in [0, 0.05) is 56.1 Å². The molecule has 3 amide bonds. The molecule has 1 N–H and O–H groups in total. The highest BCUT2D eigenvalue weighted by Crippen LogP contribution is 2.21. The van der Waals surface area contributed by atoms with E-state index in [1.807, 2.05) is 29.2 Å². The van der Waals surface area contributed by atoms with E-state index in [1.54, 1.807) is 44.4 Å². The summed E-state index contributed by atoms with van der Waals surface area (Å²) in [5.74, 6) is 0.411. The highest BCUT2D eigenvalue weighted by Gasteiger charge is 2.22. The zero-order valence-electron chi connectivity index (χ0n) is 19.8. The third-order valence-corrected chi connectivity index (χ3v) is 5.76. The van der Waals surface area contributed by atoms with Crippen LogP contribution in [0.2, 0.25) is 0 Å². The topological polar surface area (TPSA) is 82.2 Å². The van der Waals surface area contributed by atoms with E-state index in [4.69, 9.17) is 4.74 Å². The second-order valence-corrected chi connectivity index (χ2v) is 8.02. The maximum Gasteiger partial charge on any atom is 0.253 e. The average molecular weight is 465 g/mol. The lowest BCUT2D eigenvalue weighted by atomic mass is 10.1. The van der Waals surface area contributed by atoms with Gasteiger partial charge in [0.25, 0.3) is 5.91 Å². The van der Waals surface area contributed by atoms with E-state index >= 15 is 0 Å². The Hall–Kier alpha value is -3.81. The van der Waals surface area contributed by atoms with Crippen molar-refractivity contribution in [3.05, 3.63) is 66.7 Å². The number of amides is 3. The summed E-state index contributed by atoms with van der Waals surface area (Å²) in [4.78, 5) is 42.6. The lowest BCUT2D eigenvalue weighted by molar-refractivity contribution is -0.133. The molecule has 8 heteroatoms. The van der Waals surface area contributed by atoms with Crippen molar-refractivity contribution in [2.24, 2.45) is 0 Å². The van der Waals surface area contributed by atoms with E-state index in [0.29, 0.717) is 37.3 Å². The van der Waals surface area contributed by atoms with Crippen LogP contribution in [0.25, 0.3) is 0 Å². The minimum Gasteiger partial charge on any atom is -0.497 e. The molecule has 0 spiro atoms. The van der Waals surface area contributed by atoms with Gasteiger partial charge in [-0.15, -0.1) is 6.58 Å². The molecule has 180 valence electrons. The highest BCUT2D eigenvalue weighted by atomic mass is 16.5. The lowest BCUT2D eigenvalue weighted by Gasteiger charge is -2.36. The number of rotatable bonds is 9. The average Bonchev–Trinajstić information content (AvgIpc) is 2.88. The van der Waals surface area contributed by atoms with Crippen LogP contribution in [0.1, 0.15) is 23.7 Å². The fourth-order valence-corrected chi connectivity index (χ4v) is 3.85. The second kappa shape index (κ2) is 11.9. The Kier molecular flexibility index (Phi) is 8.67. The number of carbonyl (C=O) groups excluding carboxylic acids is 3. The molecular formula is C26H32N4O4. The van der Waals surface area contributed by atoms with Crippen LogP contribution in [-0.2, 0) is 9.59 Å². The Morgan fingerprint density at radius 3 is 2.24 bits per heavy atom. The van der Waals surface area contributed by atoms with Crippen molar-refractivity contribution in [1.29, 1.82) is 0 Å². The van der Waals surface area contributed by atoms with Gasteiger partial charge in [0.05, 0.1) is 7.11 Å². The summed E-state index contributed by atoms with van der Waals surface area (Å²) in [5, 5.41) is 2.84. The van der Waals surface area contributed by atoms with Crippen molar-refractivity contribution < 1.29 is 19.1 Å². The standard InChI is InChI=1S/C26H32N4O4/c1-4-14-30(25(32)5-2)19-24(31)27-21-8-10-22(11-9-21)28-15-17-29(18-16-28)26(33)20-6-12-23(34-3)13-7-20/h4,6-13H,1,5,14-19H2,2-3H3,(H,27,31). The van der Waals surface area contributed by atoms with Crippen LogP contribution < -0.4 is 15.0 Å². The quantitative estimate of drug-likeness (QED) is 0.577. The number of nitrogens with one attached hydrogen (secondary N) is 1. The Morgan fingerprint density at radius 1 is 1.03 bits per heavy atom. The van der Waals surface area contributed by atoms with Crippen LogP contribution in [0, 0.1) is 0 Å². The molecule has 0 atom stereocenters. The first-order valence-electron chi connectivity index (χ1n) is 11.4. The van der Waals surface area contributed by atoms with E-state index in [0.717, 1.165) is 24.5 Å². The SMILES string of the molecule is C=CCN(CC(=O)Nc1ccc(N2CCN(C(=O)c3ccc(OC)cc3)CC2)cc1)C(=O)CC. The number of piperazine rings is 1. The van der Waals surface area contributed by atoms with Crippen LogP contribution in [0.5, 0.6) is 5.75 Å². The Morgan fingerprint density at radius 2 is 1.68 bits per heavy atom. The van der Waals surface area contributed by atoms with Gasteiger partial charge in [0.1, 0.15) is 12.3 Å². The fourth-order valence-electron chi connectivity index (χ4n) is 3.85. The predicted octanol–water partition coefficient (Wildman–Crippen LogP) is 3.02. The van der Waals surface area contributed by atoms with Crippen LogP contribution in [0.4, 0.5) is 11.4 Å². The third kappa shape index (κ3) is 6.37. The van der Waals surface area contributed by atoms with Crippen molar-refractivity contribution >= 4 is 29.1 Å². The molecule has 0 unspecified atom stereocenters. The van der Waals surface area contributed by atoms with E-state index in [9.17, 15) is 14.4 Å². The molecule has 1 fully saturated rings. The molecule has 1 heterocycles. The van der Waals surface area contributed by atoms with Crippen molar-refractivity contribution in [3.63, 3.8) is 0 Å². The smallest absolute Gasteiger partial charge is 0.253 e. The van der Waals surface area contributed by atoms with Gasteiger partial charge in [-0.2, -0.15) is 0 Å². The van der Waals surface area contributed by atoms with Gasteiger partial charge in [-0.1, -0.05) is 13.0 Å². The lowest BCUT2D eigenvalue weighted by Crippen LogP contribution is -2.48. The summed E-state index contributed by atoms with van der Waals surface area (Å²) in [6.45, 7) is 8.46. The maximum absolute atomic E-state index is 12.8. The summed E-state index contributed by atoms with van der Waals surface area (Å²) < 4.78 is 5.15. The van der Waals surface area contributed by atoms with Gasteiger partial charge >= 0.3 is 0 Å². The third-order valence-electron chi connectivity index (χ3n) is 5.76. The van der Waals surface area contributed by atoms with Gasteiger partial charge < -0.3 is 24.8 Å². The normalized spacial score (nSPS) is 13.2. The molecule has 3 rings (SSSR count). The molecular weight excluding hydrogens is 432 g/mol. The van der Waals surface area contributed by atoms with Gasteiger partial charge in [0.2, 0.25) is 11.8 Å². The van der Waals surface area contributed by atoms with Crippen LogP contribution >= 0.6 is 0 Å². The molecule has 1 aliphatic heterocycles. The summed E-state index contributed by atoms with van der Waals surface area (Å²) in [7, 11) is 1.60. The molecule has 1 saturated heterocycles. The first-order valence-corrected chi connectivity index (χ1v) is 11.4. The predicted molar refractivity (Wildman–Crippen MR) is 133 cm³/mol. The Balaban J connectivity index is 1.51. The molecule has 0 aliphatic carbocycles. The monoisotopic (exact) mass is 464 g/mol. The molecule has 1 aliphatic rings. The molecule has 8 nitrogen and oxygen atoms in total. The minimum absolute atomic E-state index is 0.00930. The van der Waals surface area contributed by atoms with Crippen LogP contribution in [-0.4, -0.2) is 73.9 Å². The molecule has 0 radical (unpaired) electrons. The number of methoxy groups -OCH3 is 1. The molecule has 2 aromatic carbocycles. The second-order valence-electron chi connectivity index (χ2n) is 8.02. The van der Waals surface area contributed by atoms with E-state index in [1.165, 1.54) is 4.90 Å². The number of hydrogen-bond donors (Lipinski definition) is 1. The highest BCUT2D eigenvalue weighted by molar-refractivity contribution is 5.95. The molecule has 0 bridgehead atoms. The Bertz CT molecular complexity index is 996. The molecule has 2 aromatic rings. The summed E-state index contributed by atoms with van der Waals surface area (Å²) >= 11 is 0. The molecule has 34 heavy (non-hydrogen) atoms. The number of hydrogen-bond acceptors (Lipinski definition) is 5. The number of nitrogens with zero attached hydrogens (tertiary/aromatic N) is 3. The summed E-state index contributed by atoms with van der Waals surface area (Å²) in [5.41, 5.74) is 2.36. The maximum atomic E-state index is 12.8. The van der Waals surface area contributed by atoms with Crippen LogP contribution in [0.15, 0.2) is 61.2 Å². The number of benzene rings is 2. The molecule has 0 aromatic heterocycles. The Labute approximate surface area is 200 Å². The van der Waals surface area contributed by atoms with Crippen molar-refractivity contribution in [1.82, 2.24) is 9.80 Å². The largest absolute Gasteiger partial charge is 0.497 e. The first kappa shape index (κ1) is 24.8. The van der Waals surface area contributed by atoms with Crippen molar-refractivity contribution in [2.45, 2.75) is 13.3 Å². The first-order chi connectivity index (χ1) is 16.4. The number of carbonyl (C=O) groups is 3. The minimum atomic E-state index is -0.248. The van der Waals surface area contributed by atoms with E-state index in [-0.39, 0.29) is 24.3 Å². The zero-order chi connectivity index (χ0) is 24.5. The molecule has 0 saturated carbocycles. The van der Waals surface area contributed by atoms with Crippen molar-refractivity contribution in [2.75, 3.05) is 56.6 Å². The summed E-state index contributed by atoms with van der Waals surface area (Å²) in [6, 6.07) is 14.8. The zero-order valence-corrected chi connectivity index (χ0v) is 19.8. The van der Waals surface area contributed by atoms with Gasteiger partial charge in [-0.3, -0.25) is 14.4 Å². The van der Waals surface area contributed by atoms with Gasteiger partial charge in [-0.25, -0.2) is 0 Å². The van der Waals surface area contributed by atoms with Gasteiger partial charge in [-0.05, 0) is 48.5 Å². The number of ether oxygens (including phenoxy) is 1. The fraction of sp³-hybridized carbons (Fsp3) is 0.346. The van der Waals surface area contributed by atoms with E-state index in [2.05, 4.69) is 16.8 Å². The van der Waals surface area contributed by atoms with Gasteiger partial charge in [0.15, 0.2) is 0 Å². The van der Waals surface area contributed by atoms with Crippen LogP contribution in [0.3, 0.4) is 0 Å².